The number of carbonyl (C=O) groups is 2. The van der Waals surface area contributed by atoms with Crippen LogP contribution in [0, 0.1) is 17.8 Å². The number of thioether (sulfide) groups is 1. The van der Waals surface area contributed by atoms with E-state index in [1.165, 1.54) is 17.7 Å². The fourth-order valence-electron chi connectivity index (χ4n) is 6.25. The van der Waals surface area contributed by atoms with E-state index in [-0.39, 0.29) is 53.2 Å². The lowest BCUT2D eigenvalue weighted by atomic mass is 9.99. The number of hydrogen-bond donors (Lipinski definition) is 3. The summed E-state index contributed by atoms with van der Waals surface area (Å²) in [4.78, 5) is 29.9. The fraction of sp³-hybridized carbons (Fsp3) is 0.438. The van der Waals surface area contributed by atoms with Gasteiger partial charge in [-0.1, -0.05) is 11.8 Å². The largest absolute Gasteiger partial charge is 0.495 e. The SMILES string of the molecule is COc1cc2ccc1NCC#Cc1cc3c(cccn3c1SC(F)(F)F)N[C@@H]1CCN(C[C@@H]1F)C(=O)[C@@H]1CCN(CCNC2=O)C1. The molecule has 2 fully saturated rings. The number of rotatable bonds is 2. The summed E-state index contributed by atoms with van der Waals surface area (Å²) in [6.07, 6.45) is 1.17. The first kappa shape index (κ1) is 31.9. The number of nitrogens with zero attached hydrogens (tertiary/aromatic N) is 3. The average molecular weight is 659 g/mol. The minimum absolute atomic E-state index is 0.0613. The molecule has 8 heterocycles. The topological polar surface area (TPSA) is 90.3 Å². The summed E-state index contributed by atoms with van der Waals surface area (Å²) >= 11 is -0.261. The molecule has 2 aromatic heterocycles. The van der Waals surface area contributed by atoms with Crippen molar-refractivity contribution in [1.82, 2.24) is 19.5 Å². The number of anilines is 2. The van der Waals surface area contributed by atoms with E-state index < -0.39 is 17.7 Å². The third kappa shape index (κ3) is 7.00. The van der Waals surface area contributed by atoms with E-state index in [4.69, 9.17) is 4.74 Å². The maximum Gasteiger partial charge on any atom is 0.447 e. The lowest BCUT2D eigenvalue weighted by Gasteiger charge is -2.36. The molecular weight excluding hydrogens is 624 g/mol. The van der Waals surface area contributed by atoms with Crippen LogP contribution in [0.3, 0.4) is 0 Å². The molecule has 1 unspecified atom stereocenters. The Kier molecular flexibility index (Phi) is 9.24. The number of halogens is 4. The van der Waals surface area contributed by atoms with Gasteiger partial charge in [-0.2, -0.15) is 13.2 Å². The van der Waals surface area contributed by atoms with Gasteiger partial charge >= 0.3 is 5.51 Å². The highest BCUT2D eigenvalue weighted by Crippen LogP contribution is 2.41. The van der Waals surface area contributed by atoms with Crippen LogP contribution < -0.4 is 20.7 Å². The van der Waals surface area contributed by atoms with Crippen LogP contribution in [0.5, 0.6) is 5.75 Å². The van der Waals surface area contributed by atoms with Gasteiger partial charge in [-0.05, 0) is 55.8 Å². The highest BCUT2D eigenvalue weighted by atomic mass is 32.2. The molecule has 14 heteroatoms. The van der Waals surface area contributed by atoms with Crippen LogP contribution in [-0.4, -0.2) is 96.7 Å². The van der Waals surface area contributed by atoms with Crippen molar-refractivity contribution >= 4 is 40.5 Å². The van der Waals surface area contributed by atoms with Crippen LogP contribution in [0.4, 0.5) is 28.9 Å². The molecule has 0 aliphatic carbocycles. The first-order chi connectivity index (χ1) is 22.1. The highest BCUT2D eigenvalue weighted by Gasteiger charge is 2.37. The molecule has 1 aromatic carbocycles. The van der Waals surface area contributed by atoms with Gasteiger partial charge in [0.05, 0.1) is 54.6 Å². The van der Waals surface area contributed by atoms with Crippen molar-refractivity contribution < 1.29 is 31.9 Å². The number of ether oxygens (including phenoxy) is 1. The second kappa shape index (κ2) is 13.3. The van der Waals surface area contributed by atoms with Gasteiger partial charge in [-0.3, -0.25) is 9.59 Å². The number of benzene rings is 1. The molecule has 3 N–H and O–H groups in total. The number of alkyl halides is 4. The molecule has 9 nitrogen and oxygen atoms in total. The van der Waals surface area contributed by atoms with Crippen molar-refractivity contribution in [2.24, 2.45) is 5.92 Å². The van der Waals surface area contributed by atoms with Gasteiger partial charge in [0.15, 0.2) is 0 Å². The molecule has 2 amide bonds. The van der Waals surface area contributed by atoms with Gasteiger partial charge in [0.2, 0.25) is 5.91 Å². The quantitative estimate of drug-likeness (QED) is 0.213. The predicted molar refractivity (Wildman–Crippen MR) is 168 cm³/mol. The number of pyridine rings is 1. The van der Waals surface area contributed by atoms with Crippen LogP contribution in [-0.2, 0) is 4.79 Å². The monoisotopic (exact) mass is 658 g/mol. The highest BCUT2D eigenvalue weighted by molar-refractivity contribution is 8.00. The second-order valence-electron chi connectivity index (χ2n) is 11.5. The normalized spacial score (nSPS) is 24.1. The van der Waals surface area contributed by atoms with Gasteiger partial charge < -0.3 is 34.9 Å². The number of nitrogens with one attached hydrogen (secondary N) is 3. The molecule has 4 atom stereocenters. The molecule has 46 heavy (non-hydrogen) atoms. The number of amides is 2. The third-order valence-corrected chi connectivity index (χ3v) is 9.40. The van der Waals surface area contributed by atoms with Crippen LogP contribution >= 0.6 is 11.8 Å². The molecule has 9 rings (SSSR count). The van der Waals surface area contributed by atoms with Crippen molar-refractivity contribution in [3.63, 3.8) is 0 Å². The Hall–Kier alpha value is -4.09. The molecule has 2 saturated heterocycles. The zero-order valence-electron chi connectivity index (χ0n) is 25.1. The van der Waals surface area contributed by atoms with E-state index in [2.05, 4.69) is 32.7 Å². The van der Waals surface area contributed by atoms with Crippen LogP contribution in [0.2, 0.25) is 0 Å². The zero-order valence-corrected chi connectivity index (χ0v) is 25.9. The van der Waals surface area contributed by atoms with E-state index in [0.29, 0.717) is 73.8 Å². The number of hydrogen-bond acceptors (Lipinski definition) is 7. The third-order valence-electron chi connectivity index (χ3n) is 8.56. The summed E-state index contributed by atoms with van der Waals surface area (Å²) < 4.78 is 63.3. The average Bonchev–Trinajstić information content (AvgIpc) is 3.64. The molecule has 244 valence electrons. The van der Waals surface area contributed by atoms with Gasteiger partial charge in [-0.15, -0.1) is 0 Å². The smallest absolute Gasteiger partial charge is 0.447 e. The van der Waals surface area contributed by atoms with Gasteiger partial charge in [0, 0.05) is 49.7 Å². The van der Waals surface area contributed by atoms with Crippen LogP contribution in [0.25, 0.3) is 5.52 Å². The lowest BCUT2D eigenvalue weighted by molar-refractivity contribution is -0.137. The molecule has 6 aliphatic rings. The Morgan fingerprint density at radius 2 is 1.87 bits per heavy atom. The van der Waals surface area contributed by atoms with E-state index >= 15 is 4.39 Å². The maximum atomic E-state index is 15.5. The van der Waals surface area contributed by atoms with Crippen molar-refractivity contribution in [2.75, 3.05) is 63.6 Å². The summed E-state index contributed by atoms with van der Waals surface area (Å²) in [7, 11) is 1.48. The fourth-order valence-corrected chi connectivity index (χ4v) is 6.95. The van der Waals surface area contributed by atoms with Crippen LogP contribution in [0.1, 0.15) is 28.8 Å². The summed E-state index contributed by atoms with van der Waals surface area (Å²) in [5.74, 6) is 5.56. The summed E-state index contributed by atoms with van der Waals surface area (Å²) in [6, 6.07) is 9.19. The van der Waals surface area contributed by atoms with Crippen molar-refractivity contribution in [2.45, 2.75) is 35.6 Å². The van der Waals surface area contributed by atoms with E-state index in [0.717, 1.165) is 0 Å². The number of aromatic nitrogens is 1. The van der Waals surface area contributed by atoms with Crippen molar-refractivity contribution in [3.8, 4) is 17.6 Å². The Balaban J connectivity index is 1.32. The molecule has 0 saturated carbocycles. The van der Waals surface area contributed by atoms with Gasteiger partial charge in [0.25, 0.3) is 5.91 Å². The molecule has 6 aliphatic heterocycles. The standard InChI is InChI=1S/C32H34F4N6O3S/c1-45-28-17-20-6-7-26(28)37-10-2-4-21-16-27-25(5-3-12-42(27)31(21)46-32(34,35)36)39-24-9-14-41(19-23(24)33)30(44)22-8-13-40(18-22)15-11-38-29(20)43/h3,5-7,12,16-17,22-24,37,39H,8-11,13-15,18-19H2,1H3,(H,38,43)/t22-,23+,24-/m1/s1. The first-order valence-corrected chi connectivity index (χ1v) is 15.9. The number of carbonyl (C=O) groups excluding carboxylic acids is 2. The molecule has 3 aromatic rings. The Morgan fingerprint density at radius 3 is 2.65 bits per heavy atom. The van der Waals surface area contributed by atoms with Gasteiger partial charge in [-0.25, -0.2) is 4.39 Å². The minimum atomic E-state index is -4.56. The summed E-state index contributed by atoms with van der Waals surface area (Å²) in [5.41, 5.74) is -2.51. The van der Waals surface area contributed by atoms with E-state index in [1.54, 1.807) is 41.3 Å². The first-order valence-electron chi connectivity index (χ1n) is 15.1. The van der Waals surface area contributed by atoms with Crippen molar-refractivity contribution in [3.05, 3.63) is 53.7 Å². The molecule has 0 spiro atoms. The number of methoxy groups -OCH3 is 1. The molecule has 8 bridgehead atoms. The second-order valence-corrected chi connectivity index (χ2v) is 12.6. The van der Waals surface area contributed by atoms with Crippen molar-refractivity contribution in [1.29, 1.82) is 0 Å². The Morgan fingerprint density at radius 1 is 1.02 bits per heavy atom. The summed E-state index contributed by atoms with van der Waals surface area (Å²) in [6.45, 7) is 2.62. The Bertz CT molecular complexity index is 1690. The lowest BCUT2D eigenvalue weighted by Crippen LogP contribution is -2.51. The molecule has 0 radical (unpaired) electrons. The maximum absolute atomic E-state index is 15.5. The zero-order chi connectivity index (χ0) is 32.4. The predicted octanol–water partition coefficient (Wildman–Crippen LogP) is 4.44. The molecular formula is C32H34F4N6O3S. The van der Waals surface area contributed by atoms with Crippen LogP contribution in [0.15, 0.2) is 47.6 Å². The van der Waals surface area contributed by atoms with E-state index in [9.17, 15) is 22.8 Å². The Labute approximate surface area is 268 Å². The number of piperidine rings is 1. The summed E-state index contributed by atoms with van der Waals surface area (Å²) in [5, 5.41) is 9.12. The minimum Gasteiger partial charge on any atom is -0.495 e. The van der Waals surface area contributed by atoms with E-state index in [1.807, 2.05) is 0 Å². The van der Waals surface area contributed by atoms with Gasteiger partial charge in [0.1, 0.15) is 16.9 Å².